The lowest BCUT2D eigenvalue weighted by molar-refractivity contribution is -0.116. The fraction of sp³-hybridized carbons (Fsp3) is 0.562. The summed E-state index contributed by atoms with van der Waals surface area (Å²) in [7, 11) is -3.16. The molecule has 1 aromatic rings. The first-order valence-electron chi connectivity index (χ1n) is 8.13. The van der Waals surface area contributed by atoms with Gasteiger partial charge in [-0.2, -0.15) is 0 Å². The second kappa shape index (κ2) is 8.31. The van der Waals surface area contributed by atoms with Gasteiger partial charge in [0.1, 0.15) is 0 Å². The van der Waals surface area contributed by atoms with Crippen molar-refractivity contribution in [3.63, 3.8) is 0 Å². The van der Waals surface area contributed by atoms with E-state index in [0.717, 1.165) is 25.7 Å². The SMILES string of the molecule is NCCCCCCC(=O)Nc1ccc(N2CCCS2(=O)=O)cc1. The topological polar surface area (TPSA) is 92.5 Å². The fourth-order valence-electron chi connectivity index (χ4n) is 2.65. The van der Waals surface area contributed by atoms with Crippen molar-refractivity contribution >= 4 is 27.3 Å². The van der Waals surface area contributed by atoms with Gasteiger partial charge in [-0.25, -0.2) is 8.42 Å². The molecule has 0 spiro atoms. The molecular weight excluding hydrogens is 314 g/mol. The van der Waals surface area contributed by atoms with E-state index in [1.165, 1.54) is 4.31 Å². The van der Waals surface area contributed by atoms with Gasteiger partial charge in [0.2, 0.25) is 15.9 Å². The second-order valence-corrected chi connectivity index (χ2v) is 7.80. The van der Waals surface area contributed by atoms with Crippen LogP contribution in [0.4, 0.5) is 11.4 Å². The molecule has 1 aromatic carbocycles. The standard InChI is InChI=1S/C16H25N3O3S/c17-11-4-2-1-3-6-16(20)18-14-7-9-15(10-8-14)19-12-5-13-23(19,21)22/h7-10H,1-6,11-13,17H2,(H,18,20). The highest BCUT2D eigenvalue weighted by molar-refractivity contribution is 7.93. The van der Waals surface area contributed by atoms with Crippen molar-refractivity contribution in [3.05, 3.63) is 24.3 Å². The maximum atomic E-state index is 11.9. The minimum Gasteiger partial charge on any atom is -0.330 e. The number of sulfonamides is 1. The van der Waals surface area contributed by atoms with E-state index in [9.17, 15) is 13.2 Å². The van der Waals surface area contributed by atoms with Crippen LogP contribution >= 0.6 is 0 Å². The third kappa shape index (κ3) is 5.21. The molecule has 1 aliphatic heterocycles. The number of rotatable bonds is 8. The Bertz CT molecular complexity index is 614. The Hall–Kier alpha value is -1.60. The third-order valence-corrected chi connectivity index (χ3v) is 5.77. The summed E-state index contributed by atoms with van der Waals surface area (Å²) in [5.74, 6) is 0.189. The number of anilines is 2. The molecule has 0 radical (unpaired) electrons. The van der Waals surface area contributed by atoms with Crippen molar-refractivity contribution < 1.29 is 13.2 Å². The second-order valence-electron chi connectivity index (χ2n) is 5.79. The van der Waals surface area contributed by atoms with Gasteiger partial charge >= 0.3 is 0 Å². The number of benzene rings is 1. The Kier molecular flexibility index (Phi) is 6.41. The molecule has 1 heterocycles. The minimum atomic E-state index is -3.16. The van der Waals surface area contributed by atoms with Crippen molar-refractivity contribution in [1.29, 1.82) is 0 Å². The number of carbonyl (C=O) groups excluding carboxylic acids is 1. The van der Waals surface area contributed by atoms with Crippen LogP contribution in [0.1, 0.15) is 38.5 Å². The molecule has 1 saturated heterocycles. The van der Waals surface area contributed by atoms with E-state index in [2.05, 4.69) is 5.32 Å². The van der Waals surface area contributed by atoms with Crippen LogP contribution in [0, 0.1) is 0 Å². The Morgan fingerprint density at radius 2 is 1.83 bits per heavy atom. The fourth-order valence-corrected chi connectivity index (χ4v) is 4.21. The number of hydrogen-bond donors (Lipinski definition) is 2. The van der Waals surface area contributed by atoms with Crippen LogP contribution in [-0.2, 0) is 14.8 Å². The average molecular weight is 339 g/mol. The number of nitrogens with two attached hydrogens (primary N) is 1. The van der Waals surface area contributed by atoms with Gasteiger partial charge in [-0.05, 0) is 50.1 Å². The Balaban J connectivity index is 1.82. The maximum Gasteiger partial charge on any atom is 0.235 e. The van der Waals surface area contributed by atoms with Crippen molar-refractivity contribution in [1.82, 2.24) is 0 Å². The van der Waals surface area contributed by atoms with E-state index in [1.54, 1.807) is 24.3 Å². The zero-order chi connectivity index (χ0) is 16.7. The lowest BCUT2D eigenvalue weighted by Crippen LogP contribution is -2.24. The first-order valence-corrected chi connectivity index (χ1v) is 9.74. The Morgan fingerprint density at radius 1 is 1.13 bits per heavy atom. The number of carbonyl (C=O) groups is 1. The number of nitrogens with one attached hydrogen (secondary N) is 1. The van der Waals surface area contributed by atoms with E-state index in [0.29, 0.717) is 37.3 Å². The van der Waals surface area contributed by atoms with Crippen LogP contribution in [0.25, 0.3) is 0 Å². The molecule has 0 aromatic heterocycles. The van der Waals surface area contributed by atoms with Gasteiger partial charge in [0, 0.05) is 18.7 Å². The predicted octanol–water partition coefficient (Wildman–Crippen LogP) is 2.07. The van der Waals surface area contributed by atoms with E-state index >= 15 is 0 Å². The van der Waals surface area contributed by atoms with Gasteiger partial charge in [-0.15, -0.1) is 0 Å². The molecule has 2 rings (SSSR count). The average Bonchev–Trinajstić information content (AvgIpc) is 2.87. The molecule has 0 saturated carbocycles. The highest BCUT2D eigenvalue weighted by Crippen LogP contribution is 2.25. The summed E-state index contributed by atoms with van der Waals surface area (Å²) in [6.07, 6.45) is 5.08. The molecule has 3 N–H and O–H groups in total. The summed E-state index contributed by atoms with van der Waals surface area (Å²) in [4.78, 5) is 11.8. The van der Waals surface area contributed by atoms with Gasteiger partial charge in [-0.3, -0.25) is 9.10 Å². The zero-order valence-corrected chi connectivity index (χ0v) is 14.1. The van der Waals surface area contributed by atoms with E-state index in [4.69, 9.17) is 5.73 Å². The maximum absolute atomic E-state index is 11.9. The molecule has 128 valence electrons. The summed E-state index contributed by atoms with van der Waals surface area (Å²) < 4.78 is 25.2. The molecule has 0 aliphatic carbocycles. The summed E-state index contributed by atoms with van der Waals surface area (Å²) >= 11 is 0. The molecule has 1 fully saturated rings. The van der Waals surface area contributed by atoms with Crippen molar-refractivity contribution in [2.75, 3.05) is 28.5 Å². The summed E-state index contributed by atoms with van der Waals surface area (Å²) in [6.45, 7) is 1.22. The number of nitrogens with zero attached hydrogens (tertiary/aromatic N) is 1. The quantitative estimate of drug-likeness (QED) is 0.709. The normalized spacial score (nSPS) is 16.5. The molecule has 0 bridgehead atoms. The summed E-state index contributed by atoms with van der Waals surface area (Å²) in [5, 5.41) is 2.84. The van der Waals surface area contributed by atoms with Crippen molar-refractivity contribution in [2.24, 2.45) is 5.73 Å². The van der Waals surface area contributed by atoms with E-state index < -0.39 is 10.0 Å². The Labute approximate surface area is 138 Å². The third-order valence-electron chi connectivity index (χ3n) is 3.90. The highest BCUT2D eigenvalue weighted by Gasteiger charge is 2.28. The van der Waals surface area contributed by atoms with Crippen LogP contribution in [0.3, 0.4) is 0 Å². The monoisotopic (exact) mass is 339 g/mol. The molecule has 0 atom stereocenters. The van der Waals surface area contributed by atoms with Gasteiger partial charge in [0.15, 0.2) is 0 Å². The van der Waals surface area contributed by atoms with Crippen molar-refractivity contribution in [2.45, 2.75) is 38.5 Å². The molecule has 1 aliphatic rings. The van der Waals surface area contributed by atoms with Crippen LogP contribution in [0.15, 0.2) is 24.3 Å². The van der Waals surface area contributed by atoms with Crippen molar-refractivity contribution in [3.8, 4) is 0 Å². The lowest BCUT2D eigenvalue weighted by atomic mass is 10.1. The molecular formula is C16H25N3O3S. The number of hydrogen-bond acceptors (Lipinski definition) is 4. The molecule has 6 nitrogen and oxygen atoms in total. The van der Waals surface area contributed by atoms with Crippen LogP contribution in [-0.4, -0.2) is 33.2 Å². The lowest BCUT2D eigenvalue weighted by Gasteiger charge is -2.17. The Morgan fingerprint density at radius 3 is 2.43 bits per heavy atom. The predicted molar refractivity (Wildman–Crippen MR) is 93.0 cm³/mol. The van der Waals surface area contributed by atoms with Gasteiger partial charge < -0.3 is 11.1 Å². The first-order chi connectivity index (χ1) is 11.0. The number of unbranched alkanes of at least 4 members (excludes halogenated alkanes) is 3. The van der Waals surface area contributed by atoms with Crippen LogP contribution in [0.5, 0.6) is 0 Å². The van der Waals surface area contributed by atoms with E-state index in [1.807, 2.05) is 0 Å². The van der Waals surface area contributed by atoms with Gasteiger partial charge in [0.05, 0.1) is 11.4 Å². The molecule has 1 amide bonds. The summed E-state index contributed by atoms with van der Waals surface area (Å²) in [5.41, 5.74) is 6.77. The first kappa shape index (κ1) is 17.7. The van der Waals surface area contributed by atoms with Crippen LogP contribution in [0.2, 0.25) is 0 Å². The zero-order valence-electron chi connectivity index (χ0n) is 13.3. The van der Waals surface area contributed by atoms with E-state index in [-0.39, 0.29) is 11.7 Å². The molecule has 23 heavy (non-hydrogen) atoms. The minimum absolute atomic E-state index is 0.0145. The molecule has 7 heteroatoms. The molecule has 0 unspecified atom stereocenters. The summed E-state index contributed by atoms with van der Waals surface area (Å²) in [6, 6.07) is 6.96. The van der Waals surface area contributed by atoms with Gasteiger partial charge in [0.25, 0.3) is 0 Å². The van der Waals surface area contributed by atoms with Crippen LogP contribution < -0.4 is 15.4 Å². The van der Waals surface area contributed by atoms with Gasteiger partial charge in [-0.1, -0.05) is 12.8 Å². The number of amides is 1. The highest BCUT2D eigenvalue weighted by atomic mass is 32.2. The largest absolute Gasteiger partial charge is 0.330 e. The smallest absolute Gasteiger partial charge is 0.235 e.